The number of hydrogen-bond donors (Lipinski definition) is 1. The molecule has 1 N–H and O–H groups in total. The number of thioether (sulfide) groups is 1. The summed E-state index contributed by atoms with van der Waals surface area (Å²) in [6, 6.07) is 8.89. The van der Waals surface area contributed by atoms with Crippen LogP contribution < -0.4 is 5.32 Å². The van der Waals surface area contributed by atoms with Gasteiger partial charge in [0.05, 0.1) is 0 Å². The first-order valence-corrected chi connectivity index (χ1v) is 8.78. The van der Waals surface area contributed by atoms with E-state index < -0.39 is 0 Å². The second kappa shape index (κ2) is 8.06. The zero-order valence-electron chi connectivity index (χ0n) is 13.1. The fraction of sp³-hybridized carbons (Fsp3) is 0.647. The molecule has 0 saturated carbocycles. The van der Waals surface area contributed by atoms with Crippen molar-refractivity contribution in [2.75, 3.05) is 19.6 Å². The van der Waals surface area contributed by atoms with Gasteiger partial charge in [0.2, 0.25) is 0 Å². The van der Waals surface area contributed by atoms with E-state index in [1.807, 2.05) is 0 Å². The third kappa shape index (κ3) is 4.80. The minimum atomic E-state index is 0.754. The topological polar surface area (TPSA) is 15.3 Å². The molecular formula is C17H28N2S. The van der Waals surface area contributed by atoms with Gasteiger partial charge in [-0.2, -0.15) is 11.8 Å². The van der Waals surface area contributed by atoms with Crippen LogP contribution >= 0.6 is 11.8 Å². The highest BCUT2D eigenvalue weighted by Gasteiger charge is 2.22. The Labute approximate surface area is 128 Å². The first-order valence-electron chi connectivity index (χ1n) is 7.84. The van der Waals surface area contributed by atoms with Crippen molar-refractivity contribution in [2.45, 2.75) is 50.8 Å². The molecule has 3 heteroatoms. The summed E-state index contributed by atoms with van der Waals surface area (Å²) in [5, 5.41) is 5.03. The van der Waals surface area contributed by atoms with Crippen LogP contribution in [0.25, 0.3) is 0 Å². The molecule has 1 saturated heterocycles. The zero-order chi connectivity index (χ0) is 14.4. The lowest BCUT2D eigenvalue weighted by Crippen LogP contribution is -2.40. The first kappa shape index (κ1) is 15.9. The van der Waals surface area contributed by atoms with E-state index in [4.69, 9.17) is 0 Å². The van der Waals surface area contributed by atoms with Gasteiger partial charge in [-0.1, -0.05) is 45.0 Å². The summed E-state index contributed by atoms with van der Waals surface area (Å²) in [5.74, 6) is 0. The van der Waals surface area contributed by atoms with E-state index in [9.17, 15) is 0 Å². The molecule has 0 aromatic heterocycles. The lowest BCUT2D eigenvalue weighted by molar-refractivity contribution is 0.262. The second-order valence-corrected chi connectivity index (χ2v) is 7.78. The maximum absolute atomic E-state index is 3.52. The SMILES string of the molecule is CCCNCc1ccccc1CN1CC(C)SC(C)C1. The molecule has 1 aliphatic heterocycles. The number of nitrogens with zero attached hydrogens (tertiary/aromatic N) is 1. The molecule has 2 rings (SSSR count). The fourth-order valence-electron chi connectivity index (χ4n) is 2.94. The van der Waals surface area contributed by atoms with Gasteiger partial charge >= 0.3 is 0 Å². The molecule has 1 heterocycles. The fourth-order valence-corrected chi connectivity index (χ4v) is 4.33. The van der Waals surface area contributed by atoms with Crippen molar-refractivity contribution in [3.05, 3.63) is 35.4 Å². The molecule has 2 unspecified atom stereocenters. The highest BCUT2D eigenvalue weighted by Crippen LogP contribution is 2.26. The van der Waals surface area contributed by atoms with Gasteiger partial charge in [0.15, 0.2) is 0 Å². The average Bonchev–Trinajstić information content (AvgIpc) is 2.40. The minimum absolute atomic E-state index is 0.754. The first-order chi connectivity index (χ1) is 9.69. The predicted molar refractivity (Wildman–Crippen MR) is 90.2 cm³/mol. The lowest BCUT2D eigenvalue weighted by atomic mass is 10.1. The van der Waals surface area contributed by atoms with Gasteiger partial charge in [0.1, 0.15) is 0 Å². The van der Waals surface area contributed by atoms with Gasteiger partial charge < -0.3 is 5.32 Å². The standard InChI is InChI=1S/C17H28N2S/c1-4-9-18-10-16-7-5-6-8-17(16)13-19-11-14(2)20-15(3)12-19/h5-8,14-15,18H,4,9-13H2,1-3H3. The molecular weight excluding hydrogens is 264 g/mol. The van der Waals surface area contributed by atoms with E-state index in [0.29, 0.717) is 0 Å². The Morgan fingerprint density at radius 1 is 1.15 bits per heavy atom. The third-order valence-corrected chi connectivity index (χ3v) is 4.98. The van der Waals surface area contributed by atoms with Crippen molar-refractivity contribution >= 4 is 11.8 Å². The summed E-state index contributed by atoms with van der Waals surface area (Å²) in [6.07, 6.45) is 1.19. The highest BCUT2D eigenvalue weighted by molar-refractivity contribution is 8.00. The van der Waals surface area contributed by atoms with E-state index in [2.05, 4.69) is 67.0 Å². The summed E-state index contributed by atoms with van der Waals surface area (Å²) >= 11 is 2.12. The molecule has 1 fully saturated rings. The predicted octanol–water partition coefficient (Wildman–Crippen LogP) is 3.51. The highest BCUT2D eigenvalue weighted by atomic mass is 32.2. The van der Waals surface area contributed by atoms with Gasteiger partial charge in [-0.05, 0) is 24.1 Å². The average molecular weight is 292 g/mol. The van der Waals surface area contributed by atoms with Crippen LogP contribution in [0, 0.1) is 0 Å². The minimum Gasteiger partial charge on any atom is -0.313 e. The van der Waals surface area contributed by atoms with Gasteiger partial charge in [0.25, 0.3) is 0 Å². The van der Waals surface area contributed by atoms with E-state index in [1.165, 1.54) is 30.6 Å². The molecule has 0 aliphatic carbocycles. The van der Waals surface area contributed by atoms with Crippen LogP contribution in [0.2, 0.25) is 0 Å². The Morgan fingerprint density at radius 3 is 2.45 bits per heavy atom. The van der Waals surface area contributed by atoms with Crippen LogP contribution in [-0.2, 0) is 13.1 Å². The van der Waals surface area contributed by atoms with Crippen LogP contribution in [0.5, 0.6) is 0 Å². The molecule has 20 heavy (non-hydrogen) atoms. The smallest absolute Gasteiger partial charge is 0.0237 e. The summed E-state index contributed by atoms with van der Waals surface area (Å²) in [4.78, 5) is 2.62. The van der Waals surface area contributed by atoms with Gasteiger partial charge in [-0.25, -0.2) is 0 Å². The zero-order valence-corrected chi connectivity index (χ0v) is 13.9. The monoisotopic (exact) mass is 292 g/mol. The Bertz CT molecular complexity index is 398. The Kier molecular flexibility index (Phi) is 6.40. The molecule has 112 valence electrons. The number of hydrogen-bond acceptors (Lipinski definition) is 3. The lowest BCUT2D eigenvalue weighted by Gasteiger charge is -2.35. The van der Waals surface area contributed by atoms with Crippen LogP contribution in [0.4, 0.5) is 0 Å². The summed E-state index contributed by atoms with van der Waals surface area (Å²) in [6.45, 7) is 12.5. The van der Waals surface area contributed by atoms with E-state index in [-0.39, 0.29) is 0 Å². The Balaban J connectivity index is 1.97. The molecule has 0 spiro atoms. The number of nitrogens with one attached hydrogen (secondary N) is 1. The third-order valence-electron chi connectivity index (χ3n) is 3.75. The van der Waals surface area contributed by atoms with Crippen molar-refractivity contribution in [1.29, 1.82) is 0 Å². The van der Waals surface area contributed by atoms with Gasteiger partial charge in [0, 0.05) is 36.7 Å². The van der Waals surface area contributed by atoms with Crippen molar-refractivity contribution in [3.8, 4) is 0 Å². The van der Waals surface area contributed by atoms with Crippen molar-refractivity contribution in [1.82, 2.24) is 10.2 Å². The van der Waals surface area contributed by atoms with E-state index in [0.717, 1.165) is 30.1 Å². The van der Waals surface area contributed by atoms with Crippen LogP contribution in [0.1, 0.15) is 38.3 Å². The molecule has 2 nitrogen and oxygen atoms in total. The van der Waals surface area contributed by atoms with E-state index in [1.54, 1.807) is 0 Å². The molecule has 1 aromatic carbocycles. The molecule has 2 atom stereocenters. The number of rotatable bonds is 6. The van der Waals surface area contributed by atoms with Gasteiger partial charge in [-0.15, -0.1) is 0 Å². The molecule has 0 amide bonds. The van der Waals surface area contributed by atoms with Crippen LogP contribution in [0.15, 0.2) is 24.3 Å². The largest absolute Gasteiger partial charge is 0.313 e. The summed E-state index contributed by atoms with van der Waals surface area (Å²) < 4.78 is 0. The molecule has 0 radical (unpaired) electrons. The molecule has 1 aromatic rings. The Hall–Kier alpha value is -0.510. The maximum Gasteiger partial charge on any atom is 0.0237 e. The molecule has 1 aliphatic rings. The summed E-state index contributed by atoms with van der Waals surface area (Å²) in [7, 11) is 0. The number of benzene rings is 1. The van der Waals surface area contributed by atoms with Gasteiger partial charge in [-0.3, -0.25) is 4.90 Å². The second-order valence-electron chi connectivity index (χ2n) is 5.90. The van der Waals surface area contributed by atoms with E-state index >= 15 is 0 Å². The van der Waals surface area contributed by atoms with Crippen molar-refractivity contribution < 1.29 is 0 Å². The molecule has 0 bridgehead atoms. The Morgan fingerprint density at radius 2 is 1.80 bits per heavy atom. The van der Waals surface area contributed by atoms with Crippen LogP contribution in [0.3, 0.4) is 0 Å². The quantitative estimate of drug-likeness (QED) is 0.808. The normalized spacial score (nSPS) is 23.9. The summed E-state index contributed by atoms with van der Waals surface area (Å²) in [5.41, 5.74) is 2.95. The maximum atomic E-state index is 3.52. The van der Waals surface area contributed by atoms with Crippen LogP contribution in [-0.4, -0.2) is 35.0 Å². The van der Waals surface area contributed by atoms with Crippen molar-refractivity contribution in [2.24, 2.45) is 0 Å². The van der Waals surface area contributed by atoms with Crippen molar-refractivity contribution in [3.63, 3.8) is 0 Å².